The van der Waals surface area contributed by atoms with Gasteiger partial charge in [0.25, 0.3) is 0 Å². The zero-order valence-corrected chi connectivity index (χ0v) is 13.5. The number of hydrogen-bond donors (Lipinski definition) is 1. The van der Waals surface area contributed by atoms with Gasteiger partial charge in [0.1, 0.15) is 5.60 Å². The smallest absolute Gasteiger partial charge is 0.410 e. The number of nitrogens with zero attached hydrogens (tertiary/aromatic N) is 1. The largest absolute Gasteiger partial charge is 0.443 e. The Morgan fingerprint density at radius 3 is 2.45 bits per heavy atom. The lowest BCUT2D eigenvalue weighted by atomic mass is 9.79. The Kier molecular flexibility index (Phi) is 6.80. The highest BCUT2D eigenvalue weighted by Crippen LogP contribution is 2.35. The molecule has 0 bridgehead atoms. The lowest BCUT2D eigenvalue weighted by Crippen LogP contribution is -2.43. The fourth-order valence-corrected chi connectivity index (χ4v) is 2.89. The summed E-state index contributed by atoms with van der Waals surface area (Å²) in [5, 5.41) is 9.34. The second kappa shape index (κ2) is 7.87. The molecule has 1 N–H and O–H groups in total. The summed E-state index contributed by atoms with van der Waals surface area (Å²) in [5.41, 5.74) is -0.393. The molecule has 118 valence electrons. The first-order valence-electron chi connectivity index (χ1n) is 8.02. The standard InChI is InChI=1S/C16H31NO3/c1-5-17(12-11-13(2)18)15(19)20-16(3,4)14-9-7-6-8-10-14/h13-14,18H,5-12H2,1-4H3. The van der Waals surface area contributed by atoms with Gasteiger partial charge in [-0.3, -0.25) is 0 Å². The molecule has 0 heterocycles. The summed E-state index contributed by atoms with van der Waals surface area (Å²) in [4.78, 5) is 13.9. The van der Waals surface area contributed by atoms with Crippen molar-refractivity contribution in [3.63, 3.8) is 0 Å². The maximum Gasteiger partial charge on any atom is 0.410 e. The van der Waals surface area contributed by atoms with Gasteiger partial charge >= 0.3 is 6.09 Å². The van der Waals surface area contributed by atoms with Crippen LogP contribution in [-0.4, -0.2) is 40.9 Å². The topological polar surface area (TPSA) is 49.8 Å². The van der Waals surface area contributed by atoms with Crippen LogP contribution in [0.15, 0.2) is 0 Å². The van der Waals surface area contributed by atoms with Gasteiger partial charge < -0.3 is 14.7 Å². The third kappa shape index (κ3) is 5.31. The third-order valence-corrected chi connectivity index (χ3v) is 4.40. The molecule has 1 rings (SSSR count). The molecular weight excluding hydrogens is 254 g/mol. The Morgan fingerprint density at radius 2 is 1.95 bits per heavy atom. The monoisotopic (exact) mass is 285 g/mol. The SMILES string of the molecule is CCN(CCC(C)O)C(=O)OC(C)(C)C1CCCCC1. The highest BCUT2D eigenvalue weighted by Gasteiger charge is 2.35. The van der Waals surface area contributed by atoms with Crippen molar-refractivity contribution >= 4 is 6.09 Å². The van der Waals surface area contributed by atoms with Crippen molar-refractivity contribution in [3.8, 4) is 0 Å². The molecule has 4 heteroatoms. The van der Waals surface area contributed by atoms with Gasteiger partial charge in [0.2, 0.25) is 0 Å². The number of aliphatic hydroxyl groups excluding tert-OH is 1. The molecule has 0 aromatic carbocycles. The van der Waals surface area contributed by atoms with Gasteiger partial charge in [0.15, 0.2) is 0 Å². The van der Waals surface area contributed by atoms with E-state index in [9.17, 15) is 9.90 Å². The normalized spacial score (nSPS) is 18.6. The summed E-state index contributed by atoms with van der Waals surface area (Å²) < 4.78 is 5.77. The van der Waals surface area contributed by atoms with E-state index in [4.69, 9.17) is 4.74 Å². The number of carbonyl (C=O) groups excluding carboxylic acids is 1. The van der Waals surface area contributed by atoms with Gasteiger partial charge in [0, 0.05) is 13.1 Å². The molecule has 1 unspecified atom stereocenters. The van der Waals surface area contributed by atoms with Gasteiger partial charge in [-0.15, -0.1) is 0 Å². The molecule has 1 aliphatic carbocycles. The van der Waals surface area contributed by atoms with Crippen LogP contribution in [-0.2, 0) is 4.74 Å². The molecule has 1 saturated carbocycles. The number of carbonyl (C=O) groups is 1. The molecule has 0 aromatic rings. The van der Waals surface area contributed by atoms with Gasteiger partial charge in [-0.2, -0.15) is 0 Å². The van der Waals surface area contributed by atoms with Crippen molar-refractivity contribution in [1.29, 1.82) is 0 Å². The molecule has 1 atom stereocenters. The molecular formula is C16H31NO3. The molecule has 0 aromatic heterocycles. The molecule has 4 nitrogen and oxygen atoms in total. The van der Waals surface area contributed by atoms with E-state index in [1.165, 1.54) is 19.3 Å². The van der Waals surface area contributed by atoms with E-state index in [-0.39, 0.29) is 12.2 Å². The van der Waals surface area contributed by atoms with Crippen LogP contribution >= 0.6 is 0 Å². The van der Waals surface area contributed by atoms with Crippen LogP contribution < -0.4 is 0 Å². The number of aliphatic hydroxyl groups is 1. The van der Waals surface area contributed by atoms with Crippen molar-refractivity contribution in [1.82, 2.24) is 4.90 Å². The summed E-state index contributed by atoms with van der Waals surface area (Å²) in [6, 6.07) is 0. The molecule has 1 aliphatic rings. The average molecular weight is 285 g/mol. The second-order valence-corrected chi connectivity index (χ2v) is 6.52. The van der Waals surface area contributed by atoms with Crippen LogP contribution in [0.3, 0.4) is 0 Å². The summed E-state index contributed by atoms with van der Waals surface area (Å²) >= 11 is 0. The molecule has 0 radical (unpaired) electrons. The van der Waals surface area contributed by atoms with Gasteiger partial charge in [-0.05, 0) is 52.9 Å². The van der Waals surface area contributed by atoms with Crippen molar-refractivity contribution in [3.05, 3.63) is 0 Å². The maximum atomic E-state index is 12.3. The van der Waals surface area contributed by atoms with Crippen molar-refractivity contribution in [2.45, 2.75) is 77.9 Å². The quantitative estimate of drug-likeness (QED) is 0.811. The molecule has 20 heavy (non-hydrogen) atoms. The lowest BCUT2D eigenvalue weighted by molar-refractivity contribution is -0.0350. The summed E-state index contributed by atoms with van der Waals surface area (Å²) in [7, 11) is 0. The van der Waals surface area contributed by atoms with Crippen LogP contribution in [0.5, 0.6) is 0 Å². The van der Waals surface area contributed by atoms with E-state index in [1.807, 2.05) is 20.8 Å². The van der Waals surface area contributed by atoms with E-state index < -0.39 is 5.60 Å². The summed E-state index contributed by atoms with van der Waals surface area (Å²) in [6.07, 6.45) is 6.05. The number of amides is 1. The molecule has 0 aliphatic heterocycles. The number of hydrogen-bond acceptors (Lipinski definition) is 3. The minimum absolute atomic E-state index is 0.247. The first kappa shape index (κ1) is 17.3. The first-order chi connectivity index (χ1) is 9.36. The Bertz CT molecular complexity index is 296. The Balaban J connectivity index is 2.52. The van der Waals surface area contributed by atoms with Crippen LogP contribution in [0.25, 0.3) is 0 Å². The van der Waals surface area contributed by atoms with E-state index in [1.54, 1.807) is 11.8 Å². The highest BCUT2D eigenvalue weighted by molar-refractivity contribution is 5.68. The van der Waals surface area contributed by atoms with E-state index in [0.29, 0.717) is 25.4 Å². The summed E-state index contributed by atoms with van der Waals surface area (Å²) in [6.45, 7) is 8.91. The Morgan fingerprint density at radius 1 is 1.35 bits per heavy atom. The van der Waals surface area contributed by atoms with Crippen LogP contribution in [0.4, 0.5) is 4.79 Å². The zero-order chi connectivity index (χ0) is 15.2. The lowest BCUT2D eigenvalue weighted by Gasteiger charge is -2.37. The van der Waals surface area contributed by atoms with Gasteiger partial charge in [-0.25, -0.2) is 4.79 Å². The van der Waals surface area contributed by atoms with Crippen LogP contribution in [0.1, 0.15) is 66.2 Å². The molecule has 0 spiro atoms. The minimum Gasteiger partial charge on any atom is -0.443 e. The minimum atomic E-state index is -0.393. The summed E-state index contributed by atoms with van der Waals surface area (Å²) in [5.74, 6) is 0.468. The second-order valence-electron chi connectivity index (χ2n) is 6.52. The van der Waals surface area contributed by atoms with E-state index in [2.05, 4.69) is 0 Å². The number of rotatable bonds is 6. The van der Waals surface area contributed by atoms with Gasteiger partial charge in [-0.1, -0.05) is 19.3 Å². The predicted molar refractivity (Wildman–Crippen MR) is 80.7 cm³/mol. The maximum absolute atomic E-state index is 12.3. The highest BCUT2D eigenvalue weighted by atomic mass is 16.6. The average Bonchev–Trinajstić information content (AvgIpc) is 2.39. The van der Waals surface area contributed by atoms with Crippen LogP contribution in [0, 0.1) is 5.92 Å². The van der Waals surface area contributed by atoms with Gasteiger partial charge in [0.05, 0.1) is 6.10 Å². The predicted octanol–water partition coefficient (Wildman–Crippen LogP) is 3.57. The number of ether oxygens (including phenoxy) is 1. The molecule has 0 saturated heterocycles. The molecule has 1 fully saturated rings. The molecule has 1 amide bonds. The van der Waals surface area contributed by atoms with E-state index >= 15 is 0 Å². The Hall–Kier alpha value is -0.770. The Labute approximate surface area is 123 Å². The third-order valence-electron chi connectivity index (χ3n) is 4.40. The van der Waals surface area contributed by atoms with Crippen molar-refractivity contribution in [2.24, 2.45) is 5.92 Å². The van der Waals surface area contributed by atoms with Crippen molar-refractivity contribution in [2.75, 3.05) is 13.1 Å². The van der Waals surface area contributed by atoms with Crippen LogP contribution in [0.2, 0.25) is 0 Å². The first-order valence-corrected chi connectivity index (χ1v) is 8.02. The fraction of sp³-hybridized carbons (Fsp3) is 0.938. The fourth-order valence-electron chi connectivity index (χ4n) is 2.89. The van der Waals surface area contributed by atoms with Crippen molar-refractivity contribution < 1.29 is 14.6 Å². The van der Waals surface area contributed by atoms with E-state index in [0.717, 1.165) is 12.8 Å². The zero-order valence-electron chi connectivity index (χ0n) is 13.5.